The fourth-order valence-electron chi connectivity index (χ4n) is 2.58. The fourth-order valence-corrected chi connectivity index (χ4v) is 3.07. The van der Waals surface area contributed by atoms with Gasteiger partial charge in [-0.15, -0.1) is 0 Å². The van der Waals surface area contributed by atoms with Crippen molar-refractivity contribution in [1.82, 2.24) is 16.0 Å². The summed E-state index contributed by atoms with van der Waals surface area (Å²) in [6, 6.07) is -4.32. The summed E-state index contributed by atoms with van der Waals surface area (Å²) in [5.41, 5.74) is 5.80. The quantitative estimate of drug-likeness (QED) is 0.215. The Morgan fingerprint density at radius 1 is 0.833 bits per heavy atom. The van der Waals surface area contributed by atoms with Gasteiger partial charge in [0.15, 0.2) is 0 Å². The molecule has 3 amide bonds. The molecule has 0 fully saturated rings. The molecule has 0 aromatic rings. The van der Waals surface area contributed by atoms with Gasteiger partial charge in [0.25, 0.3) is 0 Å². The number of thioether (sulfide) groups is 1. The van der Waals surface area contributed by atoms with Crippen molar-refractivity contribution in [3.63, 3.8) is 0 Å². The molecule has 0 radical (unpaired) electrons. The Labute approximate surface area is 182 Å². The first-order chi connectivity index (χ1) is 13.8. The van der Waals surface area contributed by atoms with Gasteiger partial charge in [0, 0.05) is 0 Å². The smallest absolute Gasteiger partial charge is 0.326 e. The highest BCUT2D eigenvalue weighted by atomic mass is 32.2. The van der Waals surface area contributed by atoms with Gasteiger partial charge in [0.1, 0.15) is 18.1 Å². The molecular weight excluding hydrogens is 412 g/mol. The van der Waals surface area contributed by atoms with Gasteiger partial charge in [0.05, 0.1) is 12.1 Å². The molecule has 0 aromatic carbocycles. The van der Waals surface area contributed by atoms with E-state index in [1.165, 1.54) is 18.7 Å². The summed E-state index contributed by atoms with van der Waals surface area (Å²) in [5, 5.41) is 26.6. The molecule has 0 heterocycles. The molecule has 0 saturated heterocycles. The Hall–Kier alpha value is -1.85. The number of nitrogens with two attached hydrogens (primary N) is 1. The molecule has 0 rings (SSSR count). The van der Waals surface area contributed by atoms with Crippen LogP contribution in [0.3, 0.4) is 0 Å². The summed E-state index contributed by atoms with van der Waals surface area (Å²) in [4.78, 5) is 48.9. The van der Waals surface area contributed by atoms with Gasteiger partial charge < -0.3 is 31.9 Å². The monoisotopic (exact) mass is 448 g/mol. The fraction of sp³-hybridized carbons (Fsp3) is 0.789. The van der Waals surface area contributed by atoms with Crippen LogP contribution in [0.15, 0.2) is 0 Å². The average molecular weight is 449 g/mol. The molecule has 11 heteroatoms. The maximum Gasteiger partial charge on any atom is 0.326 e. The molecule has 0 aliphatic rings. The van der Waals surface area contributed by atoms with Crippen LogP contribution in [-0.4, -0.2) is 76.2 Å². The normalized spacial score (nSPS) is 16.3. The van der Waals surface area contributed by atoms with Crippen molar-refractivity contribution in [3.8, 4) is 0 Å². The second-order valence-corrected chi connectivity index (χ2v) is 8.90. The van der Waals surface area contributed by atoms with E-state index in [0.29, 0.717) is 12.2 Å². The Kier molecular flexibility index (Phi) is 12.6. The second kappa shape index (κ2) is 13.5. The van der Waals surface area contributed by atoms with Crippen LogP contribution in [0.1, 0.15) is 41.0 Å². The zero-order valence-electron chi connectivity index (χ0n) is 18.5. The number of hydrogen-bond acceptors (Lipinski definition) is 7. The van der Waals surface area contributed by atoms with Crippen LogP contribution in [0.5, 0.6) is 0 Å². The van der Waals surface area contributed by atoms with E-state index in [1.807, 2.05) is 6.26 Å². The van der Waals surface area contributed by atoms with Gasteiger partial charge in [-0.3, -0.25) is 14.4 Å². The van der Waals surface area contributed by atoms with Gasteiger partial charge >= 0.3 is 5.97 Å². The van der Waals surface area contributed by atoms with Crippen LogP contribution in [0.2, 0.25) is 0 Å². The lowest BCUT2D eigenvalue weighted by atomic mass is 9.99. The first kappa shape index (κ1) is 28.1. The average Bonchev–Trinajstić information content (AvgIpc) is 2.64. The minimum absolute atomic E-state index is 0.359. The molecular formula is C19H36N4O6S. The Morgan fingerprint density at radius 2 is 1.27 bits per heavy atom. The number of nitrogens with one attached hydrogen (secondary N) is 3. The van der Waals surface area contributed by atoms with Crippen molar-refractivity contribution in [3.05, 3.63) is 0 Å². The minimum atomic E-state index is -1.31. The summed E-state index contributed by atoms with van der Waals surface area (Å²) in [6.45, 7) is 8.01. The Morgan fingerprint density at radius 3 is 1.67 bits per heavy atom. The van der Waals surface area contributed by atoms with Gasteiger partial charge in [-0.05, 0) is 37.2 Å². The van der Waals surface area contributed by atoms with Gasteiger partial charge in [-0.2, -0.15) is 11.8 Å². The molecule has 5 unspecified atom stereocenters. The molecule has 7 N–H and O–H groups in total. The predicted octanol–water partition coefficient (Wildman–Crippen LogP) is -0.701. The number of carbonyl (C=O) groups is 4. The number of carbonyl (C=O) groups excluding carboxylic acids is 3. The van der Waals surface area contributed by atoms with Gasteiger partial charge in [0.2, 0.25) is 17.7 Å². The number of aliphatic carboxylic acids is 1. The highest BCUT2D eigenvalue weighted by Crippen LogP contribution is 2.08. The van der Waals surface area contributed by atoms with Crippen molar-refractivity contribution >= 4 is 35.5 Å². The number of rotatable bonds is 13. The topological polar surface area (TPSA) is 171 Å². The molecule has 0 aromatic heterocycles. The van der Waals surface area contributed by atoms with Crippen LogP contribution in [0, 0.1) is 11.8 Å². The lowest BCUT2D eigenvalue weighted by Crippen LogP contribution is -2.61. The molecule has 0 aliphatic heterocycles. The zero-order valence-corrected chi connectivity index (χ0v) is 19.3. The first-order valence-corrected chi connectivity index (χ1v) is 11.3. The molecule has 30 heavy (non-hydrogen) atoms. The number of hydrogen-bond donors (Lipinski definition) is 6. The van der Waals surface area contributed by atoms with Crippen molar-refractivity contribution in [1.29, 1.82) is 0 Å². The maximum atomic E-state index is 12.7. The third-order valence-corrected chi connectivity index (χ3v) is 5.15. The first-order valence-electron chi connectivity index (χ1n) is 9.89. The van der Waals surface area contributed by atoms with Crippen molar-refractivity contribution in [2.75, 3.05) is 12.0 Å². The molecule has 5 atom stereocenters. The molecule has 10 nitrogen and oxygen atoms in total. The zero-order chi connectivity index (χ0) is 23.6. The van der Waals surface area contributed by atoms with E-state index in [2.05, 4.69) is 16.0 Å². The van der Waals surface area contributed by atoms with Crippen molar-refractivity contribution in [2.45, 2.75) is 71.3 Å². The second-order valence-electron chi connectivity index (χ2n) is 7.91. The van der Waals surface area contributed by atoms with E-state index in [0.717, 1.165) is 0 Å². The summed E-state index contributed by atoms with van der Waals surface area (Å²) in [7, 11) is 0. The number of aliphatic hydroxyl groups excluding tert-OH is 1. The number of carboxylic acid groups (broad SMARTS) is 1. The molecule has 0 aliphatic carbocycles. The summed E-state index contributed by atoms with van der Waals surface area (Å²) in [5.74, 6) is -3.25. The van der Waals surface area contributed by atoms with E-state index < -0.39 is 54.0 Å². The molecule has 0 bridgehead atoms. The largest absolute Gasteiger partial charge is 0.480 e. The lowest BCUT2D eigenvalue weighted by Gasteiger charge is -2.28. The van der Waals surface area contributed by atoms with Crippen molar-refractivity contribution < 1.29 is 29.4 Å². The predicted molar refractivity (Wildman–Crippen MR) is 116 cm³/mol. The van der Waals surface area contributed by atoms with E-state index in [9.17, 15) is 29.4 Å². The Balaban J connectivity index is 5.29. The number of aliphatic hydroxyl groups is 1. The van der Waals surface area contributed by atoms with E-state index in [-0.39, 0.29) is 11.8 Å². The van der Waals surface area contributed by atoms with Crippen LogP contribution < -0.4 is 21.7 Å². The maximum absolute atomic E-state index is 12.7. The molecule has 0 saturated carbocycles. The standard InChI is InChI=1S/C19H36N4O6S/c1-9(2)13(17(26)22-14(10(3)4)19(28)29)21-18(27)15(11(5)24)23-16(25)12(20)7-8-30-6/h9-15,24H,7-8,20H2,1-6H3,(H,21,27)(H,22,26)(H,23,25)(H,28,29). The highest BCUT2D eigenvalue weighted by Gasteiger charge is 2.34. The number of carboxylic acids is 1. The highest BCUT2D eigenvalue weighted by molar-refractivity contribution is 7.98. The van der Waals surface area contributed by atoms with E-state index in [1.54, 1.807) is 27.7 Å². The van der Waals surface area contributed by atoms with Crippen molar-refractivity contribution in [2.24, 2.45) is 17.6 Å². The lowest BCUT2D eigenvalue weighted by molar-refractivity contribution is -0.144. The molecule has 174 valence electrons. The number of amides is 3. The van der Waals surface area contributed by atoms with Gasteiger partial charge in [-0.25, -0.2) is 4.79 Å². The van der Waals surface area contributed by atoms with Crippen LogP contribution >= 0.6 is 11.8 Å². The minimum Gasteiger partial charge on any atom is -0.480 e. The molecule has 0 spiro atoms. The van der Waals surface area contributed by atoms with Crippen LogP contribution in [-0.2, 0) is 19.2 Å². The van der Waals surface area contributed by atoms with Crippen LogP contribution in [0.4, 0.5) is 0 Å². The third kappa shape index (κ3) is 9.31. The van der Waals surface area contributed by atoms with Crippen LogP contribution in [0.25, 0.3) is 0 Å². The summed E-state index contributed by atoms with van der Waals surface area (Å²) < 4.78 is 0. The SMILES string of the molecule is CSCCC(N)C(=O)NC(C(=O)NC(C(=O)NC(C(=O)O)C(C)C)C(C)C)C(C)O. The van der Waals surface area contributed by atoms with E-state index >= 15 is 0 Å². The third-order valence-electron chi connectivity index (χ3n) is 4.51. The van der Waals surface area contributed by atoms with Gasteiger partial charge in [-0.1, -0.05) is 27.7 Å². The summed E-state index contributed by atoms with van der Waals surface area (Å²) in [6.07, 6.45) is 1.05. The van der Waals surface area contributed by atoms with E-state index in [4.69, 9.17) is 5.73 Å². The summed E-state index contributed by atoms with van der Waals surface area (Å²) >= 11 is 1.53. The Bertz CT molecular complexity index is 600.